The lowest BCUT2D eigenvalue weighted by Crippen LogP contribution is -2.45. The van der Waals surface area contributed by atoms with Gasteiger partial charge in [0.15, 0.2) is 0 Å². The summed E-state index contributed by atoms with van der Waals surface area (Å²) in [6.45, 7) is 0.775. The molecule has 178 valence electrons. The maximum atomic E-state index is 14.0. The first kappa shape index (κ1) is 24.2. The van der Waals surface area contributed by atoms with Gasteiger partial charge in [0.25, 0.3) is 0 Å². The van der Waals surface area contributed by atoms with Gasteiger partial charge in [-0.05, 0) is 85.1 Å². The minimum absolute atomic E-state index is 0.275. The van der Waals surface area contributed by atoms with Crippen molar-refractivity contribution in [3.63, 3.8) is 0 Å². The van der Waals surface area contributed by atoms with Crippen molar-refractivity contribution in [1.29, 1.82) is 0 Å². The molecule has 1 aliphatic heterocycles. The molecule has 2 aromatic carbocycles. The Kier molecular flexibility index (Phi) is 6.64. The molecule has 2 aromatic rings. The standard InChI is InChI=1S/C24H20F5N3OS/c25-17-1-3-18(4-2-17)31-22-9-16-7-8-32(13-23(16,14-33)11-15(22)12-30)34-19-5-6-20(21(26)10-19)24(27,28)29/h1-6,9-10,12,14H,7-8,11,13,30H2. The highest BCUT2D eigenvalue weighted by Gasteiger charge is 2.43. The Hall–Kier alpha value is -2.98. The zero-order valence-corrected chi connectivity index (χ0v) is 18.6. The zero-order valence-electron chi connectivity index (χ0n) is 17.8. The average molecular weight is 494 g/mol. The number of allylic oxidation sites excluding steroid dienone is 2. The molecule has 0 radical (unpaired) electrons. The number of hydrogen-bond acceptors (Lipinski definition) is 5. The number of aliphatic imine (C=N–C) groups is 1. The number of aldehydes is 1. The van der Waals surface area contributed by atoms with Gasteiger partial charge in [0.05, 0.1) is 22.4 Å². The molecule has 1 fully saturated rings. The number of carbonyl (C=O) groups excluding carboxylic acids is 1. The molecule has 1 saturated heterocycles. The molecule has 1 heterocycles. The number of rotatable bonds is 4. The van der Waals surface area contributed by atoms with Crippen molar-refractivity contribution in [2.75, 3.05) is 13.1 Å². The highest BCUT2D eigenvalue weighted by atomic mass is 32.2. The molecule has 0 saturated carbocycles. The van der Waals surface area contributed by atoms with Crippen LogP contribution in [0.15, 0.2) is 75.8 Å². The average Bonchev–Trinajstić information content (AvgIpc) is 2.79. The predicted octanol–water partition coefficient (Wildman–Crippen LogP) is 5.83. The van der Waals surface area contributed by atoms with Gasteiger partial charge in [-0.25, -0.2) is 18.1 Å². The summed E-state index contributed by atoms with van der Waals surface area (Å²) in [7, 11) is 0. The van der Waals surface area contributed by atoms with Gasteiger partial charge in [-0.2, -0.15) is 13.2 Å². The number of nitrogens with two attached hydrogens (primary N) is 1. The summed E-state index contributed by atoms with van der Waals surface area (Å²) in [6, 6.07) is 8.48. The Balaban J connectivity index is 1.58. The molecule has 1 aliphatic carbocycles. The number of alkyl halides is 3. The first-order valence-electron chi connectivity index (χ1n) is 10.4. The lowest BCUT2D eigenvalue weighted by atomic mass is 9.68. The Morgan fingerprint density at radius 3 is 2.47 bits per heavy atom. The summed E-state index contributed by atoms with van der Waals surface area (Å²) in [6.07, 6.45) is 0.0986. The maximum Gasteiger partial charge on any atom is 0.419 e. The van der Waals surface area contributed by atoms with Gasteiger partial charge in [0, 0.05) is 18.0 Å². The second-order valence-electron chi connectivity index (χ2n) is 8.13. The Bertz CT molecular complexity index is 1190. The van der Waals surface area contributed by atoms with E-state index in [1.165, 1.54) is 24.4 Å². The fraction of sp³-hybridized carbons (Fsp3) is 0.250. The first-order valence-corrected chi connectivity index (χ1v) is 11.1. The van der Waals surface area contributed by atoms with Gasteiger partial charge in [0.2, 0.25) is 0 Å². The highest BCUT2D eigenvalue weighted by molar-refractivity contribution is 7.97. The van der Waals surface area contributed by atoms with E-state index in [2.05, 4.69) is 4.99 Å². The van der Waals surface area contributed by atoms with Crippen LogP contribution >= 0.6 is 11.9 Å². The van der Waals surface area contributed by atoms with Gasteiger partial charge in [-0.3, -0.25) is 0 Å². The van der Waals surface area contributed by atoms with Crippen LogP contribution in [-0.4, -0.2) is 29.4 Å². The maximum absolute atomic E-state index is 14.0. The minimum atomic E-state index is -4.76. The largest absolute Gasteiger partial charge is 0.419 e. The van der Waals surface area contributed by atoms with Crippen molar-refractivity contribution >= 4 is 29.6 Å². The van der Waals surface area contributed by atoms with Crippen LogP contribution in [0.3, 0.4) is 0 Å². The third-order valence-electron chi connectivity index (χ3n) is 5.86. The van der Waals surface area contributed by atoms with Crippen LogP contribution < -0.4 is 5.73 Å². The smallest absolute Gasteiger partial charge is 0.404 e. The van der Waals surface area contributed by atoms with Crippen LogP contribution in [0, 0.1) is 17.0 Å². The summed E-state index contributed by atoms with van der Waals surface area (Å²) in [4.78, 5) is 17.1. The lowest BCUT2D eigenvalue weighted by molar-refractivity contribution is -0.140. The van der Waals surface area contributed by atoms with Crippen LogP contribution in [0.25, 0.3) is 0 Å². The Labute approximate surface area is 197 Å². The SMILES string of the molecule is NC=C1CC2(C=O)CN(Sc3ccc(C(F)(F)F)c(F)c3)CCC2=CC1=Nc1ccc(F)cc1. The second kappa shape index (κ2) is 9.34. The number of benzene rings is 2. The van der Waals surface area contributed by atoms with Gasteiger partial charge in [-0.15, -0.1) is 0 Å². The van der Waals surface area contributed by atoms with Crippen LogP contribution in [0.5, 0.6) is 0 Å². The summed E-state index contributed by atoms with van der Waals surface area (Å²) in [5.74, 6) is -1.72. The van der Waals surface area contributed by atoms with Gasteiger partial charge in [0.1, 0.15) is 17.9 Å². The van der Waals surface area contributed by atoms with Gasteiger partial charge >= 0.3 is 6.18 Å². The van der Waals surface area contributed by atoms with Gasteiger partial charge < -0.3 is 10.5 Å². The van der Waals surface area contributed by atoms with Gasteiger partial charge in [-0.1, -0.05) is 5.57 Å². The van der Waals surface area contributed by atoms with Crippen LogP contribution in [0.1, 0.15) is 18.4 Å². The number of fused-ring (bicyclic) bond motifs is 1. The number of carbonyl (C=O) groups is 1. The van der Waals surface area contributed by atoms with Crippen LogP contribution in [0.4, 0.5) is 27.6 Å². The summed E-state index contributed by atoms with van der Waals surface area (Å²) in [5, 5.41) is 0. The lowest BCUT2D eigenvalue weighted by Gasteiger charge is -2.43. The highest BCUT2D eigenvalue weighted by Crippen LogP contribution is 2.45. The topological polar surface area (TPSA) is 58.7 Å². The monoisotopic (exact) mass is 493 g/mol. The number of nitrogens with zero attached hydrogens (tertiary/aromatic N) is 2. The van der Waals surface area contributed by atoms with E-state index >= 15 is 0 Å². The van der Waals surface area contributed by atoms with Crippen molar-refractivity contribution in [1.82, 2.24) is 4.31 Å². The van der Waals surface area contributed by atoms with Crippen LogP contribution in [0.2, 0.25) is 0 Å². The molecule has 0 spiro atoms. The predicted molar refractivity (Wildman–Crippen MR) is 120 cm³/mol. The van der Waals surface area contributed by atoms with Crippen molar-refractivity contribution in [3.8, 4) is 0 Å². The zero-order chi connectivity index (χ0) is 24.5. The molecule has 0 aromatic heterocycles. The van der Waals surface area contributed by atoms with E-state index in [1.807, 2.05) is 10.4 Å². The third kappa shape index (κ3) is 4.92. The molecule has 2 aliphatic rings. The second-order valence-corrected chi connectivity index (χ2v) is 9.30. The Morgan fingerprint density at radius 1 is 1.12 bits per heavy atom. The molecule has 4 nitrogen and oxygen atoms in total. The van der Waals surface area contributed by atoms with Crippen molar-refractivity contribution in [2.45, 2.75) is 23.9 Å². The molecular formula is C24H20F5N3OS. The summed E-state index contributed by atoms with van der Waals surface area (Å²) < 4.78 is 67.5. The van der Waals surface area contributed by atoms with Crippen molar-refractivity contribution < 1.29 is 26.7 Å². The molecule has 1 atom stereocenters. The number of hydrogen-bond donors (Lipinski definition) is 1. The molecule has 0 amide bonds. The molecule has 34 heavy (non-hydrogen) atoms. The van der Waals surface area contributed by atoms with E-state index in [1.54, 1.807) is 12.1 Å². The molecule has 4 rings (SSSR count). The van der Waals surface area contributed by atoms with Crippen LogP contribution in [-0.2, 0) is 11.0 Å². The number of halogens is 5. The van der Waals surface area contributed by atoms with E-state index in [0.717, 1.165) is 35.9 Å². The third-order valence-corrected chi connectivity index (χ3v) is 6.89. The first-order chi connectivity index (χ1) is 16.1. The molecular weight excluding hydrogens is 473 g/mol. The normalized spacial score (nSPS) is 23.6. The molecule has 10 heteroatoms. The van der Waals surface area contributed by atoms with E-state index in [9.17, 15) is 26.7 Å². The summed E-state index contributed by atoms with van der Waals surface area (Å²) in [5.41, 5.74) is 6.27. The van der Waals surface area contributed by atoms with Crippen molar-refractivity contribution in [2.24, 2.45) is 16.1 Å². The summed E-state index contributed by atoms with van der Waals surface area (Å²) >= 11 is 1.10. The molecule has 1 unspecified atom stereocenters. The molecule has 0 bridgehead atoms. The van der Waals surface area contributed by atoms with Crippen molar-refractivity contribution in [3.05, 3.63) is 83.1 Å². The fourth-order valence-electron chi connectivity index (χ4n) is 4.13. The molecule has 2 N–H and O–H groups in total. The fourth-order valence-corrected chi connectivity index (χ4v) is 5.19. The van der Waals surface area contributed by atoms with E-state index in [0.29, 0.717) is 34.8 Å². The van der Waals surface area contributed by atoms with E-state index in [-0.39, 0.29) is 18.8 Å². The van der Waals surface area contributed by atoms with E-state index in [4.69, 9.17) is 5.73 Å². The minimum Gasteiger partial charge on any atom is -0.404 e. The van der Waals surface area contributed by atoms with E-state index < -0.39 is 23.0 Å². The quantitative estimate of drug-likeness (QED) is 0.331. The number of piperidine rings is 1. The Morgan fingerprint density at radius 2 is 1.85 bits per heavy atom.